The van der Waals surface area contributed by atoms with Crippen LogP contribution < -0.4 is 0 Å². The van der Waals surface area contributed by atoms with Crippen molar-refractivity contribution >= 4 is 6.15 Å². The van der Waals surface area contributed by atoms with Crippen LogP contribution in [0.3, 0.4) is 0 Å². The summed E-state index contributed by atoms with van der Waals surface area (Å²) in [4.78, 5) is 16.2. The number of hydrogen-bond donors (Lipinski definition) is 0. The lowest BCUT2D eigenvalue weighted by molar-refractivity contribution is -0.191. The molecule has 0 spiro atoms. The molecule has 12 heavy (non-hydrogen) atoms. The van der Waals surface area contributed by atoms with Gasteiger partial charge in [-0.3, -0.25) is 0 Å². The SMILES string of the molecule is CC(C)C1CC1C(C)C.O=C=O. The number of hydrogen-bond acceptors (Lipinski definition) is 2. The highest BCUT2D eigenvalue weighted by Crippen LogP contribution is 2.48. The summed E-state index contributed by atoms with van der Waals surface area (Å²) in [7, 11) is 0. The standard InChI is InChI=1S/C9H18.CO2/c1-6(2)8-5-9(8)7(3)4;2-1-3/h6-9H,5H2,1-4H3;. The monoisotopic (exact) mass is 170 g/mol. The maximum Gasteiger partial charge on any atom is 0.373 e. The fourth-order valence-electron chi connectivity index (χ4n) is 1.77. The molecule has 0 saturated heterocycles. The molecule has 1 fully saturated rings. The first kappa shape index (κ1) is 11.4. The third-order valence-corrected chi connectivity index (χ3v) is 2.60. The Morgan fingerprint density at radius 2 is 1.25 bits per heavy atom. The van der Waals surface area contributed by atoms with Gasteiger partial charge in [0.15, 0.2) is 0 Å². The minimum Gasteiger partial charge on any atom is -0.186 e. The summed E-state index contributed by atoms with van der Waals surface area (Å²) in [6.07, 6.45) is 1.75. The second kappa shape index (κ2) is 5.10. The molecule has 0 N–H and O–H groups in total. The van der Waals surface area contributed by atoms with E-state index in [1.807, 2.05) is 0 Å². The van der Waals surface area contributed by atoms with Gasteiger partial charge in [0.2, 0.25) is 0 Å². The smallest absolute Gasteiger partial charge is 0.186 e. The average Bonchev–Trinajstić information content (AvgIpc) is 2.65. The van der Waals surface area contributed by atoms with E-state index in [2.05, 4.69) is 27.7 Å². The van der Waals surface area contributed by atoms with E-state index in [9.17, 15) is 0 Å². The van der Waals surface area contributed by atoms with Crippen molar-refractivity contribution in [2.45, 2.75) is 34.1 Å². The van der Waals surface area contributed by atoms with Crippen LogP contribution in [0.25, 0.3) is 0 Å². The Labute approximate surface area is 74.3 Å². The zero-order valence-electron chi connectivity index (χ0n) is 8.33. The van der Waals surface area contributed by atoms with Crippen LogP contribution in [0.4, 0.5) is 0 Å². The van der Waals surface area contributed by atoms with E-state index < -0.39 is 0 Å². The van der Waals surface area contributed by atoms with Crippen LogP contribution in [0, 0.1) is 23.7 Å². The molecule has 0 aliphatic heterocycles. The molecule has 0 heterocycles. The lowest BCUT2D eigenvalue weighted by atomic mass is 10.0. The molecule has 0 radical (unpaired) electrons. The van der Waals surface area contributed by atoms with E-state index in [0.717, 1.165) is 23.7 Å². The lowest BCUT2D eigenvalue weighted by Crippen LogP contribution is -1.97. The molecular formula is C10H18O2. The van der Waals surface area contributed by atoms with Gasteiger partial charge >= 0.3 is 6.15 Å². The molecule has 2 heteroatoms. The Morgan fingerprint density at radius 3 is 1.33 bits per heavy atom. The lowest BCUT2D eigenvalue weighted by Gasteiger charge is -2.04. The summed E-state index contributed by atoms with van der Waals surface area (Å²) >= 11 is 0. The van der Waals surface area contributed by atoms with E-state index in [1.54, 1.807) is 0 Å². The second-order valence-electron chi connectivity index (χ2n) is 4.13. The van der Waals surface area contributed by atoms with Crippen LogP contribution in [0.5, 0.6) is 0 Å². The zero-order chi connectivity index (χ0) is 9.72. The Morgan fingerprint density at radius 1 is 1.00 bits per heavy atom. The Kier molecular flexibility index (Phi) is 4.84. The summed E-state index contributed by atoms with van der Waals surface area (Å²) in [5.74, 6) is 3.98. The van der Waals surface area contributed by atoms with Crippen LogP contribution in [0.15, 0.2) is 0 Å². The van der Waals surface area contributed by atoms with Gasteiger partial charge in [-0.1, -0.05) is 27.7 Å². The molecule has 1 saturated carbocycles. The maximum atomic E-state index is 8.12. The van der Waals surface area contributed by atoms with Crippen molar-refractivity contribution in [3.05, 3.63) is 0 Å². The van der Waals surface area contributed by atoms with Gasteiger partial charge in [0.25, 0.3) is 0 Å². The molecular weight excluding hydrogens is 152 g/mol. The predicted molar refractivity (Wildman–Crippen MR) is 46.3 cm³/mol. The molecule has 0 aromatic rings. The van der Waals surface area contributed by atoms with Crippen LogP contribution in [0.2, 0.25) is 0 Å². The van der Waals surface area contributed by atoms with Crippen molar-refractivity contribution in [3.63, 3.8) is 0 Å². The zero-order valence-corrected chi connectivity index (χ0v) is 8.33. The highest BCUT2D eigenvalue weighted by atomic mass is 16.2. The van der Waals surface area contributed by atoms with Crippen LogP contribution in [-0.4, -0.2) is 6.15 Å². The van der Waals surface area contributed by atoms with Crippen molar-refractivity contribution in [2.24, 2.45) is 23.7 Å². The van der Waals surface area contributed by atoms with Crippen LogP contribution in [-0.2, 0) is 9.59 Å². The molecule has 0 bridgehead atoms. The van der Waals surface area contributed by atoms with E-state index in [0.29, 0.717) is 0 Å². The summed E-state index contributed by atoms with van der Waals surface area (Å²) in [5, 5.41) is 0. The molecule has 0 aromatic heterocycles. The van der Waals surface area contributed by atoms with Crippen LogP contribution in [0.1, 0.15) is 34.1 Å². The first-order chi connectivity index (χ1) is 5.54. The number of rotatable bonds is 2. The minimum absolute atomic E-state index is 0.250. The molecule has 70 valence electrons. The van der Waals surface area contributed by atoms with Gasteiger partial charge in [-0.05, 0) is 30.1 Å². The molecule has 1 aliphatic rings. The average molecular weight is 170 g/mol. The van der Waals surface area contributed by atoms with Crippen molar-refractivity contribution in [2.75, 3.05) is 0 Å². The van der Waals surface area contributed by atoms with E-state index in [4.69, 9.17) is 9.59 Å². The Bertz CT molecular complexity index is 143. The van der Waals surface area contributed by atoms with Gasteiger partial charge in [-0.25, -0.2) is 0 Å². The molecule has 1 aliphatic carbocycles. The fourth-order valence-corrected chi connectivity index (χ4v) is 1.77. The number of carbonyl (C=O) groups excluding carboxylic acids is 2. The van der Waals surface area contributed by atoms with E-state index in [1.165, 1.54) is 6.42 Å². The summed E-state index contributed by atoms with van der Waals surface area (Å²) < 4.78 is 0. The second-order valence-corrected chi connectivity index (χ2v) is 4.13. The predicted octanol–water partition coefficient (Wildman–Crippen LogP) is 2.35. The van der Waals surface area contributed by atoms with Crippen LogP contribution >= 0.6 is 0 Å². The summed E-state index contributed by atoms with van der Waals surface area (Å²) in [5.41, 5.74) is 0. The van der Waals surface area contributed by atoms with Gasteiger partial charge in [-0.15, -0.1) is 0 Å². The Balaban J connectivity index is 0.000000354. The topological polar surface area (TPSA) is 34.1 Å². The highest BCUT2D eigenvalue weighted by molar-refractivity contribution is 5.20. The largest absolute Gasteiger partial charge is 0.373 e. The molecule has 0 aromatic carbocycles. The highest BCUT2D eigenvalue weighted by Gasteiger charge is 2.40. The van der Waals surface area contributed by atoms with Gasteiger partial charge in [-0.2, -0.15) is 9.59 Å². The summed E-state index contributed by atoms with van der Waals surface area (Å²) in [6.45, 7) is 9.36. The third kappa shape index (κ3) is 3.68. The third-order valence-electron chi connectivity index (χ3n) is 2.60. The van der Waals surface area contributed by atoms with Gasteiger partial charge in [0.1, 0.15) is 0 Å². The molecule has 2 atom stereocenters. The van der Waals surface area contributed by atoms with Gasteiger partial charge in [0, 0.05) is 0 Å². The molecule has 2 nitrogen and oxygen atoms in total. The molecule has 1 rings (SSSR count). The van der Waals surface area contributed by atoms with Gasteiger partial charge < -0.3 is 0 Å². The fraction of sp³-hybridized carbons (Fsp3) is 0.900. The quantitative estimate of drug-likeness (QED) is 0.637. The normalized spacial score (nSPS) is 26.2. The first-order valence-electron chi connectivity index (χ1n) is 4.53. The van der Waals surface area contributed by atoms with Crippen molar-refractivity contribution < 1.29 is 9.59 Å². The van der Waals surface area contributed by atoms with E-state index in [-0.39, 0.29) is 6.15 Å². The molecule has 2 unspecified atom stereocenters. The first-order valence-corrected chi connectivity index (χ1v) is 4.53. The van der Waals surface area contributed by atoms with Crippen molar-refractivity contribution in [1.29, 1.82) is 0 Å². The van der Waals surface area contributed by atoms with Crippen molar-refractivity contribution in [1.82, 2.24) is 0 Å². The van der Waals surface area contributed by atoms with Crippen molar-refractivity contribution in [3.8, 4) is 0 Å². The minimum atomic E-state index is 0.250. The summed E-state index contributed by atoms with van der Waals surface area (Å²) in [6, 6.07) is 0. The van der Waals surface area contributed by atoms with Gasteiger partial charge in [0.05, 0.1) is 0 Å². The Hall–Kier alpha value is -0.620. The van der Waals surface area contributed by atoms with E-state index >= 15 is 0 Å². The molecule has 0 amide bonds. The maximum absolute atomic E-state index is 8.12.